The van der Waals surface area contributed by atoms with Crippen molar-refractivity contribution in [3.05, 3.63) is 0 Å². The van der Waals surface area contributed by atoms with Crippen molar-refractivity contribution < 1.29 is 9.90 Å². The van der Waals surface area contributed by atoms with E-state index in [2.05, 4.69) is 0 Å². The Balaban J connectivity index is 2.52. The molecule has 0 radical (unpaired) electrons. The van der Waals surface area contributed by atoms with Crippen LogP contribution in [0.5, 0.6) is 0 Å². The number of carbonyl (C=O) groups is 1. The Morgan fingerprint density at radius 1 is 1.67 bits per heavy atom. The summed E-state index contributed by atoms with van der Waals surface area (Å²) in [5, 5.41) is 8.56. The van der Waals surface area contributed by atoms with Gasteiger partial charge in [-0.1, -0.05) is 13.8 Å². The molecular formula is C7H12O2. The highest BCUT2D eigenvalue weighted by atomic mass is 16.4. The number of carboxylic acids is 1. The summed E-state index contributed by atoms with van der Waals surface area (Å²) in [6, 6.07) is 0. The Hall–Kier alpha value is -0.530. The zero-order valence-electron chi connectivity index (χ0n) is 5.85. The van der Waals surface area contributed by atoms with Crippen LogP contribution in [-0.2, 0) is 4.79 Å². The normalized spacial score (nSPS) is 25.1. The molecule has 1 aliphatic carbocycles. The Morgan fingerprint density at radius 3 is 2.22 bits per heavy atom. The molecule has 2 heteroatoms. The van der Waals surface area contributed by atoms with Gasteiger partial charge in [0.25, 0.3) is 0 Å². The molecule has 0 aliphatic heterocycles. The molecule has 52 valence electrons. The molecular weight excluding hydrogens is 116 g/mol. The quantitative estimate of drug-likeness (QED) is 0.612. The molecule has 1 fully saturated rings. The van der Waals surface area contributed by atoms with Gasteiger partial charge in [-0.05, 0) is 18.3 Å². The average molecular weight is 128 g/mol. The zero-order valence-corrected chi connectivity index (χ0v) is 5.85. The first-order chi connectivity index (χ1) is 4.06. The minimum Gasteiger partial charge on any atom is -0.481 e. The summed E-state index contributed by atoms with van der Waals surface area (Å²) in [5.41, 5.74) is 0.131. The highest BCUT2D eigenvalue weighted by Crippen LogP contribution is 2.51. The minimum absolute atomic E-state index is 0.131. The van der Waals surface area contributed by atoms with Crippen molar-refractivity contribution in [2.45, 2.75) is 26.7 Å². The third-order valence-electron chi connectivity index (χ3n) is 2.45. The molecule has 1 saturated carbocycles. The van der Waals surface area contributed by atoms with Gasteiger partial charge in [-0.2, -0.15) is 0 Å². The van der Waals surface area contributed by atoms with Gasteiger partial charge in [0.15, 0.2) is 0 Å². The van der Waals surface area contributed by atoms with E-state index < -0.39 is 5.97 Å². The maximum Gasteiger partial charge on any atom is 0.306 e. The van der Waals surface area contributed by atoms with Gasteiger partial charge in [0.1, 0.15) is 0 Å². The fourth-order valence-corrected chi connectivity index (χ4v) is 0.928. The second-order valence-electron chi connectivity index (χ2n) is 3.21. The van der Waals surface area contributed by atoms with Crippen molar-refractivity contribution in [2.24, 2.45) is 11.3 Å². The molecule has 1 atom stereocenters. The van der Waals surface area contributed by atoms with Crippen LogP contribution in [0, 0.1) is 11.3 Å². The topological polar surface area (TPSA) is 37.3 Å². The van der Waals surface area contributed by atoms with E-state index in [0.29, 0.717) is 0 Å². The first-order valence-electron chi connectivity index (χ1n) is 3.29. The van der Waals surface area contributed by atoms with Crippen molar-refractivity contribution in [1.29, 1.82) is 0 Å². The van der Waals surface area contributed by atoms with Crippen LogP contribution < -0.4 is 0 Å². The molecule has 2 nitrogen and oxygen atoms in total. The van der Waals surface area contributed by atoms with Crippen LogP contribution in [0.15, 0.2) is 0 Å². The van der Waals surface area contributed by atoms with Crippen molar-refractivity contribution in [2.75, 3.05) is 0 Å². The molecule has 0 spiro atoms. The Labute approximate surface area is 54.9 Å². The van der Waals surface area contributed by atoms with Crippen molar-refractivity contribution in [3.63, 3.8) is 0 Å². The highest BCUT2D eigenvalue weighted by molar-refractivity contribution is 5.71. The second-order valence-corrected chi connectivity index (χ2v) is 3.21. The number of hydrogen-bond donors (Lipinski definition) is 1. The summed E-state index contributed by atoms with van der Waals surface area (Å²) in [4.78, 5) is 10.4. The van der Waals surface area contributed by atoms with Crippen LogP contribution >= 0.6 is 0 Å². The standard InChI is InChI=1S/C7H12O2/c1-5(6(8)9)7(2)3-4-7/h5H,3-4H2,1-2H3,(H,8,9)/t5-/m1/s1. The van der Waals surface area contributed by atoms with E-state index in [4.69, 9.17) is 5.11 Å². The molecule has 0 aromatic rings. The molecule has 0 aromatic carbocycles. The number of aliphatic carboxylic acids is 1. The second kappa shape index (κ2) is 1.72. The van der Waals surface area contributed by atoms with Gasteiger partial charge in [-0.15, -0.1) is 0 Å². The minimum atomic E-state index is -0.657. The molecule has 1 aliphatic rings. The molecule has 9 heavy (non-hydrogen) atoms. The molecule has 1 N–H and O–H groups in total. The zero-order chi connectivity index (χ0) is 7.07. The van der Waals surface area contributed by atoms with Crippen LogP contribution in [0.1, 0.15) is 26.7 Å². The predicted molar refractivity (Wildman–Crippen MR) is 34.1 cm³/mol. The smallest absolute Gasteiger partial charge is 0.306 e. The number of rotatable bonds is 2. The summed E-state index contributed by atoms with van der Waals surface area (Å²) < 4.78 is 0. The molecule has 0 aromatic heterocycles. The SMILES string of the molecule is C[C@H](C(=O)O)C1(C)CC1. The van der Waals surface area contributed by atoms with Gasteiger partial charge < -0.3 is 5.11 Å². The van der Waals surface area contributed by atoms with E-state index in [1.54, 1.807) is 6.92 Å². The number of hydrogen-bond acceptors (Lipinski definition) is 1. The lowest BCUT2D eigenvalue weighted by molar-refractivity contribution is -0.143. The highest BCUT2D eigenvalue weighted by Gasteiger charge is 2.45. The van der Waals surface area contributed by atoms with Crippen LogP contribution in [-0.4, -0.2) is 11.1 Å². The van der Waals surface area contributed by atoms with E-state index >= 15 is 0 Å². The van der Waals surface area contributed by atoms with Crippen molar-refractivity contribution in [1.82, 2.24) is 0 Å². The van der Waals surface area contributed by atoms with Gasteiger partial charge in [0, 0.05) is 0 Å². The largest absolute Gasteiger partial charge is 0.481 e. The molecule has 0 amide bonds. The third kappa shape index (κ3) is 1.07. The van der Waals surface area contributed by atoms with Crippen LogP contribution in [0.25, 0.3) is 0 Å². The summed E-state index contributed by atoms with van der Waals surface area (Å²) in [7, 11) is 0. The lowest BCUT2D eigenvalue weighted by Gasteiger charge is -2.11. The Kier molecular flexibility index (Phi) is 1.26. The van der Waals surface area contributed by atoms with Gasteiger partial charge in [0.05, 0.1) is 5.92 Å². The maximum absolute atomic E-state index is 10.4. The van der Waals surface area contributed by atoms with Crippen molar-refractivity contribution in [3.8, 4) is 0 Å². The first kappa shape index (κ1) is 6.59. The van der Waals surface area contributed by atoms with Crippen LogP contribution in [0.4, 0.5) is 0 Å². The fourth-order valence-electron chi connectivity index (χ4n) is 0.928. The molecule has 0 heterocycles. The Bertz CT molecular complexity index is 136. The lowest BCUT2D eigenvalue weighted by Crippen LogP contribution is -2.18. The fraction of sp³-hybridized carbons (Fsp3) is 0.857. The monoisotopic (exact) mass is 128 g/mol. The van der Waals surface area contributed by atoms with Crippen LogP contribution in [0.2, 0.25) is 0 Å². The first-order valence-corrected chi connectivity index (χ1v) is 3.29. The third-order valence-corrected chi connectivity index (χ3v) is 2.45. The van der Waals surface area contributed by atoms with E-state index in [1.165, 1.54) is 0 Å². The Morgan fingerprint density at radius 2 is 2.11 bits per heavy atom. The van der Waals surface area contributed by atoms with E-state index in [0.717, 1.165) is 12.8 Å². The lowest BCUT2D eigenvalue weighted by atomic mass is 9.93. The van der Waals surface area contributed by atoms with Crippen molar-refractivity contribution >= 4 is 5.97 Å². The van der Waals surface area contributed by atoms with E-state index in [-0.39, 0.29) is 11.3 Å². The summed E-state index contributed by atoms with van der Waals surface area (Å²) in [6.07, 6.45) is 2.17. The molecule has 0 saturated heterocycles. The number of carboxylic acid groups (broad SMARTS) is 1. The van der Waals surface area contributed by atoms with Gasteiger partial charge in [-0.25, -0.2) is 0 Å². The summed E-state index contributed by atoms with van der Waals surface area (Å²) in [5.74, 6) is -0.813. The van der Waals surface area contributed by atoms with E-state index in [1.807, 2.05) is 6.92 Å². The summed E-state index contributed by atoms with van der Waals surface area (Å²) >= 11 is 0. The average Bonchev–Trinajstić information content (AvgIpc) is 2.47. The van der Waals surface area contributed by atoms with Gasteiger partial charge in [0.2, 0.25) is 0 Å². The molecule has 0 unspecified atom stereocenters. The van der Waals surface area contributed by atoms with Crippen LogP contribution in [0.3, 0.4) is 0 Å². The van der Waals surface area contributed by atoms with E-state index in [9.17, 15) is 4.79 Å². The van der Waals surface area contributed by atoms with Gasteiger partial charge in [-0.3, -0.25) is 4.79 Å². The molecule has 0 bridgehead atoms. The van der Waals surface area contributed by atoms with Gasteiger partial charge >= 0.3 is 5.97 Å². The maximum atomic E-state index is 10.4. The predicted octanol–water partition coefficient (Wildman–Crippen LogP) is 1.51. The molecule has 1 rings (SSSR count). The summed E-state index contributed by atoms with van der Waals surface area (Å²) in [6.45, 7) is 3.82.